The Morgan fingerprint density at radius 3 is 2.23 bits per heavy atom. The number of carbonyl (C=O) groups excluding carboxylic acids is 2. The fourth-order valence-corrected chi connectivity index (χ4v) is 5.80. The smallest absolute Gasteiger partial charge is 0.267 e. The van der Waals surface area contributed by atoms with Gasteiger partial charge in [0, 0.05) is 23.1 Å². The molecule has 4 nitrogen and oxygen atoms in total. The van der Waals surface area contributed by atoms with E-state index in [-0.39, 0.29) is 11.8 Å². The average molecular weight is 524 g/mol. The van der Waals surface area contributed by atoms with Crippen LogP contribution in [0, 0.1) is 0 Å². The summed E-state index contributed by atoms with van der Waals surface area (Å²) in [7, 11) is 0. The number of anilines is 1. The second-order valence-corrected chi connectivity index (χ2v) is 10.7. The van der Waals surface area contributed by atoms with E-state index in [0.717, 1.165) is 47.8 Å². The van der Waals surface area contributed by atoms with Gasteiger partial charge in [-0.05, 0) is 31.0 Å². The molecule has 1 fully saturated rings. The number of fused-ring (bicyclic) bond motifs is 1. The van der Waals surface area contributed by atoms with Gasteiger partial charge in [-0.25, -0.2) is 0 Å². The normalized spacial score (nSPS) is 18.5. The molecule has 0 saturated carbocycles. The minimum Gasteiger partial charge on any atom is -0.308 e. The average Bonchev–Trinajstić information content (AvgIpc) is 3.17. The molecule has 0 spiro atoms. The van der Waals surface area contributed by atoms with Crippen LogP contribution in [0.1, 0.15) is 77.2 Å². The topological polar surface area (TPSA) is 40.6 Å². The SMILES string of the molecule is CCCCCCCCN1C(=O)C(=C2C(=O)N(CCCCC)c3ccc(Br)cc32)SC1=S. The molecule has 0 aliphatic carbocycles. The van der Waals surface area contributed by atoms with Gasteiger partial charge in [-0.1, -0.05) is 98.7 Å². The van der Waals surface area contributed by atoms with Gasteiger partial charge in [-0.15, -0.1) is 0 Å². The number of hydrogen-bond donors (Lipinski definition) is 0. The second kappa shape index (κ2) is 11.6. The fourth-order valence-electron chi connectivity index (χ4n) is 4.06. The monoisotopic (exact) mass is 522 g/mol. The third kappa shape index (κ3) is 5.60. The summed E-state index contributed by atoms with van der Waals surface area (Å²) in [5, 5.41) is 0. The van der Waals surface area contributed by atoms with Crippen LogP contribution in [0.3, 0.4) is 0 Å². The summed E-state index contributed by atoms with van der Waals surface area (Å²) in [5.74, 6) is -0.197. The van der Waals surface area contributed by atoms with Gasteiger partial charge in [0.1, 0.15) is 4.32 Å². The molecular formula is C24H31BrN2O2S2. The molecule has 2 aliphatic rings. The first-order chi connectivity index (χ1) is 15.0. The Morgan fingerprint density at radius 2 is 1.48 bits per heavy atom. The quantitative estimate of drug-likeness (QED) is 0.179. The molecule has 0 atom stereocenters. The molecular weight excluding hydrogens is 492 g/mol. The Balaban J connectivity index is 1.80. The van der Waals surface area contributed by atoms with Crippen molar-refractivity contribution >= 4 is 67.3 Å². The molecule has 168 valence electrons. The van der Waals surface area contributed by atoms with Gasteiger partial charge < -0.3 is 4.90 Å². The Kier molecular flexibility index (Phi) is 9.17. The number of rotatable bonds is 11. The maximum absolute atomic E-state index is 13.4. The van der Waals surface area contributed by atoms with E-state index in [9.17, 15) is 9.59 Å². The molecule has 0 radical (unpaired) electrons. The molecule has 2 heterocycles. The third-order valence-electron chi connectivity index (χ3n) is 5.77. The number of benzene rings is 1. The van der Waals surface area contributed by atoms with E-state index in [4.69, 9.17) is 12.2 Å². The van der Waals surface area contributed by atoms with Crippen LogP contribution in [0.15, 0.2) is 27.6 Å². The van der Waals surface area contributed by atoms with Gasteiger partial charge in [0.25, 0.3) is 11.8 Å². The molecule has 1 saturated heterocycles. The molecule has 31 heavy (non-hydrogen) atoms. The van der Waals surface area contributed by atoms with Gasteiger partial charge in [0.15, 0.2) is 0 Å². The molecule has 3 rings (SSSR count). The summed E-state index contributed by atoms with van der Waals surface area (Å²) in [6, 6.07) is 5.86. The third-order valence-corrected chi connectivity index (χ3v) is 7.72. The highest BCUT2D eigenvalue weighted by molar-refractivity contribution is 9.10. The summed E-state index contributed by atoms with van der Waals surface area (Å²) in [5.41, 5.74) is 2.23. The van der Waals surface area contributed by atoms with Crippen LogP contribution in [0.5, 0.6) is 0 Å². The van der Waals surface area contributed by atoms with Gasteiger partial charge in [0.05, 0.1) is 16.2 Å². The van der Waals surface area contributed by atoms with E-state index in [1.807, 2.05) is 23.1 Å². The van der Waals surface area contributed by atoms with Crippen LogP contribution in [0.25, 0.3) is 5.57 Å². The molecule has 0 unspecified atom stereocenters. The van der Waals surface area contributed by atoms with Crippen molar-refractivity contribution in [3.05, 3.63) is 33.1 Å². The Morgan fingerprint density at radius 1 is 0.871 bits per heavy atom. The number of hydrogen-bond acceptors (Lipinski definition) is 4. The van der Waals surface area contributed by atoms with Crippen LogP contribution in [0.2, 0.25) is 0 Å². The van der Waals surface area contributed by atoms with Gasteiger partial charge in [-0.3, -0.25) is 14.5 Å². The van der Waals surface area contributed by atoms with E-state index >= 15 is 0 Å². The van der Waals surface area contributed by atoms with Crippen LogP contribution in [-0.4, -0.2) is 34.1 Å². The number of thiocarbonyl (C=S) groups is 1. The van der Waals surface area contributed by atoms with Crippen molar-refractivity contribution in [2.75, 3.05) is 18.0 Å². The van der Waals surface area contributed by atoms with Crippen molar-refractivity contribution in [2.45, 2.75) is 71.6 Å². The zero-order chi connectivity index (χ0) is 22.4. The molecule has 2 aliphatic heterocycles. The number of carbonyl (C=O) groups is 2. The lowest BCUT2D eigenvalue weighted by atomic mass is 10.1. The molecule has 7 heteroatoms. The highest BCUT2D eigenvalue weighted by Gasteiger charge is 2.41. The lowest BCUT2D eigenvalue weighted by Gasteiger charge is -2.17. The molecule has 1 aromatic rings. The standard InChI is InChI=1S/C24H31BrN2O2S2/c1-3-5-7-8-9-11-15-27-23(29)21(31-24(27)30)20-18-16-17(25)12-13-19(18)26(22(20)28)14-10-6-4-2/h12-13,16H,3-11,14-15H2,1-2H3. The summed E-state index contributed by atoms with van der Waals surface area (Å²) in [4.78, 5) is 30.7. The van der Waals surface area contributed by atoms with Crippen molar-refractivity contribution in [2.24, 2.45) is 0 Å². The first-order valence-corrected chi connectivity index (χ1v) is 13.4. The lowest BCUT2D eigenvalue weighted by molar-refractivity contribution is -0.122. The molecule has 0 aromatic heterocycles. The Bertz CT molecular complexity index is 884. The summed E-state index contributed by atoms with van der Waals surface area (Å²) >= 11 is 10.3. The van der Waals surface area contributed by atoms with E-state index in [1.54, 1.807) is 4.90 Å². The van der Waals surface area contributed by atoms with Gasteiger partial charge >= 0.3 is 0 Å². The number of nitrogens with zero attached hydrogens (tertiary/aromatic N) is 2. The van der Waals surface area contributed by atoms with Crippen LogP contribution in [0.4, 0.5) is 5.69 Å². The van der Waals surface area contributed by atoms with Crippen molar-refractivity contribution in [3.63, 3.8) is 0 Å². The van der Waals surface area contributed by atoms with Crippen LogP contribution >= 0.6 is 39.9 Å². The maximum atomic E-state index is 13.4. The highest BCUT2D eigenvalue weighted by Crippen LogP contribution is 2.45. The first-order valence-electron chi connectivity index (χ1n) is 11.4. The van der Waals surface area contributed by atoms with E-state index < -0.39 is 0 Å². The van der Waals surface area contributed by atoms with Crippen LogP contribution in [-0.2, 0) is 9.59 Å². The van der Waals surface area contributed by atoms with Gasteiger partial charge in [0.2, 0.25) is 0 Å². The van der Waals surface area contributed by atoms with Crippen molar-refractivity contribution in [1.82, 2.24) is 4.90 Å². The van der Waals surface area contributed by atoms with E-state index in [1.165, 1.54) is 37.4 Å². The maximum Gasteiger partial charge on any atom is 0.267 e. The Labute approximate surface area is 203 Å². The molecule has 0 N–H and O–H groups in total. The fraction of sp³-hybridized carbons (Fsp3) is 0.542. The summed E-state index contributed by atoms with van der Waals surface area (Å²) < 4.78 is 1.46. The van der Waals surface area contributed by atoms with Crippen molar-refractivity contribution in [1.29, 1.82) is 0 Å². The Hall–Kier alpha value is -1.18. The minimum absolute atomic E-state index is 0.0794. The predicted octanol–water partition coefficient (Wildman–Crippen LogP) is 6.92. The minimum atomic E-state index is -0.117. The molecule has 2 amide bonds. The lowest BCUT2D eigenvalue weighted by Crippen LogP contribution is -2.30. The number of thioether (sulfide) groups is 1. The van der Waals surface area contributed by atoms with E-state index in [2.05, 4.69) is 29.8 Å². The number of amides is 2. The first kappa shape index (κ1) is 24.5. The largest absolute Gasteiger partial charge is 0.308 e. The number of unbranched alkanes of at least 4 members (excludes halogenated alkanes) is 7. The zero-order valence-corrected chi connectivity index (χ0v) is 21.6. The summed E-state index contributed by atoms with van der Waals surface area (Å²) in [6.45, 7) is 5.66. The molecule has 1 aromatic carbocycles. The second-order valence-electron chi connectivity index (χ2n) is 8.12. The van der Waals surface area contributed by atoms with E-state index in [0.29, 0.717) is 27.9 Å². The zero-order valence-electron chi connectivity index (χ0n) is 18.4. The highest BCUT2D eigenvalue weighted by atomic mass is 79.9. The number of halogens is 1. The van der Waals surface area contributed by atoms with Gasteiger partial charge in [-0.2, -0.15) is 0 Å². The molecule has 0 bridgehead atoms. The summed E-state index contributed by atoms with van der Waals surface area (Å²) in [6.07, 6.45) is 10.1. The predicted molar refractivity (Wildman–Crippen MR) is 138 cm³/mol. The van der Waals surface area contributed by atoms with Crippen molar-refractivity contribution in [3.8, 4) is 0 Å². The van der Waals surface area contributed by atoms with Crippen LogP contribution < -0.4 is 4.90 Å². The van der Waals surface area contributed by atoms with Crippen molar-refractivity contribution < 1.29 is 9.59 Å².